The number of thiazole rings is 1. The quantitative estimate of drug-likeness (QED) is 0.791. The molecule has 0 spiro atoms. The first-order valence-corrected chi connectivity index (χ1v) is 7.05. The van der Waals surface area contributed by atoms with Crippen LogP contribution in [0.1, 0.15) is 32.6 Å². The maximum absolute atomic E-state index is 4.14. The van der Waals surface area contributed by atoms with Gasteiger partial charge in [0.05, 0.1) is 5.51 Å². The van der Waals surface area contributed by atoms with Crippen LogP contribution < -0.4 is 5.32 Å². The van der Waals surface area contributed by atoms with Gasteiger partial charge in [-0.25, -0.2) is 0 Å². The molecule has 1 heterocycles. The van der Waals surface area contributed by atoms with E-state index in [1.54, 1.807) is 11.3 Å². The van der Waals surface area contributed by atoms with Crippen LogP contribution in [0, 0.1) is 17.8 Å². The fraction of sp³-hybridized carbons (Fsp3) is 0.769. The summed E-state index contributed by atoms with van der Waals surface area (Å²) in [5, 5.41) is 3.56. The minimum atomic E-state index is 0.721. The number of rotatable bonds is 7. The fourth-order valence-electron chi connectivity index (χ4n) is 1.70. The zero-order valence-electron chi connectivity index (χ0n) is 10.9. The first-order valence-electron chi connectivity index (χ1n) is 6.17. The van der Waals surface area contributed by atoms with Gasteiger partial charge in [-0.05, 0) is 37.3 Å². The van der Waals surface area contributed by atoms with Crippen LogP contribution in [0.4, 0.5) is 0 Å². The first kappa shape index (κ1) is 13.7. The Bertz CT molecular complexity index is 267. The van der Waals surface area contributed by atoms with Gasteiger partial charge in [-0.15, -0.1) is 11.3 Å². The van der Waals surface area contributed by atoms with Gasteiger partial charge in [-0.3, -0.25) is 4.98 Å². The molecular weight excluding hydrogens is 216 g/mol. The largest absolute Gasteiger partial charge is 0.316 e. The van der Waals surface area contributed by atoms with E-state index >= 15 is 0 Å². The van der Waals surface area contributed by atoms with Crippen LogP contribution in [-0.4, -0.2) is 18.1 Å². The van der Waals surface area contributed by atoms with Crippen LogP contribution in [0.25, 0.3) is 0 Å². The van der Waals surface area contributed by atoms with Crippen molar-refractivity contribution in [1.29, 1.82) is 0 Å². The minimum absolute atomic E-state index is 0.721. The summed E-state index contributed by atoms with van der Waals surface area (Å²) in [7, 11) is 0. The maximum atomic E-state index is 4.14. The van der Waals surface area contributed by atoms with Crippen molar-refractivity contribution < 1.29 is 0 Å². The van der Waals surface area contributed by atoms with Crippen LogP contribution in [0.2, 0.25) is 0 Å². The van der Waals surface area contributed by atoms with E-state index in [0.717, 1.165) is 37.3 Å². The van der Waals surface area contributed by atoms with Gasteiger partial charge in [-0.2, -0.15) is 0 Å². The van der Waals surface area contributed by atoms with E-state index < -0.39 is 0 Å². The van der Waals surface area contributed by atoms with E-state index in [2.05, 4.69) is 38.0 Å². The first-order chi connectivity index (χ1) is 7.59. The molecule has 16 heavy (non-hydrogen) atoms. The number of nitrogens with one attached hydrogen (secondary N) is 1. The molecule has 3 heteroatoms. The molecule has 0 bridgehead atoms. The zero-order chi connectivity index (χ0) is 12.0. The van der Waals surface area contributed by atoms with Gasteiger partial charge in [0.25, 0.3) is 0 Å². The summed E-state index contributed by atoms with van der Waals surface area (Å²) in [5.74, 6) is 2.18. The third-order valence-corrected chi connectivity index (χ3v) is 3.65. The van der Waals surface area contributed by atoms with Crippen molar-refractivity contribution in [3.63, 3.8) is 0 Å². The molecule has 1 N–H and O–H groups in total. The molecule has 0 aliphatic carbocycles. The standard InChI is InChI=1S/C13H24N2S/c1-10(2)6-14-7-12(11(3)4)5-13-8-15-9-16-13/h8-12,14H,5-7H2,1-4H3. The van der Waals surface area contributed by atoms with Crippen molar-refractivity contribution >= 4 is 11.3 Å². The Labute approximate surface area is 103 Å². The Morgan fingerprint density at radius 2 is 2.00 bits per heavy atom. The average Bonchev–Trinajstić information content (AvgIpc) is 2.68. The average molecular weight is 240 g/mol. The second-order valence-electron chi connectivity index (χ2n) is 5.23. The van der Waals surface area contributed by atoms with Gasteiger partial charge in [0, 0.05) is 11.1 Å². The summed E-state index contributed by atoms with van der Waals surface area (Å²) in [6, 6.07) is 0. The minimum Gasteiger partial charge on any atom is -0.316 e. The van der Waals surface area contributed by atoms with Crippen molar-refractivity contribution in [2.45, 2.75) is 34.1 Å². The lowest BCUT2D eigenvalue weighted by molar-refractivity contribution is 0.354. The van der Waals surface area contributed by atoms with Crippen molar-refractivity contribution in [3.05, 3.63) is 16.6 Å². The lowest BCUT2D eigenvalue weighted by Gasteiger charge is -2.21. The molecule has 1 aromatic rings. The Balaban J connectivity index is 2.36. The summed E-state index contributed by atoms with van der Waals surface area (Å²) < 4.78 is 0. The molecule has 0 saturated carbocycles. The van der Waals surface area contributed by atoms with Gasteiger partial charge in [0.15, 0.2) is 0 Å². The van der Waals surface area contributed by atoms with Gasteiger partial charge in [-0.1, -0.05) is 27.7 Å². The zero-order valence-corrected chi connectivity index (χ0v) is 11.7. The van der Waals surface area contributed by atoms with Crippen LogP contribution in [0.5, 0.6) is 0 Å². The van der Waals surface area contributed by atoms with Gasteiger partial charge in [0.1, 0.15) is 0 Å². The molecule has 1 aromatic heterocycles. The molecule has 0 saturated heterocycles. The van der Waals surface area contributed by atoms with Gasteiger partial charge >= 0.3 is 0 Å². The number of hydrogen-bond donors (Lipinski definition) is 1. The molecule has 0 amide bonds. The van der Waals surface area contributed by atoms with E-state index in [1.165, 1.54) is 4.88 Å². The Morgan fingerprint density at radius 1 is 1.25 bits per heavy atom. The summed E-state index contributed by atoms with van der Waals surface area (Å²) in [5.41, 5.74) is 1.92. The van der Waals surface area contributed by atoms with Gasteiger partial charge in [0.2, 0.25) is 0 Å². The third kappa shape index (κ3) is 5.08. The lowest BCUT2D eigenvalue weighted by Crippen LogP contribution is -2.30. The Kier molecular flexibility index (Phi) is 5.99. The van der Waals surface area contributed by atoms with Crippen LogP contribution in [-0.2, 0) is 6.42 Å². The lowest BCUT2D eigenvalue weighted by atomic mass is 9.92. The normalized spacial score (nSPS) is 13.6. The summed E-state index contributed by atoms with van der Waals surface area (Å²) in [6.07, 6.45) is 3.16. The molecule has 92 valence electrons. The van der Waals surface area contributed by atoms with E-state index in [0.29, 0.717) is 0 Å². The van der Waals surface area contributed by atoms with Crippen molar-refractivity contribution in [3.8, 4) is 0 Å². The van der Waals surface area contributed by atoms with Crippen LogP contribution in [0.3, 0.4) is 0 Å². The third-order valence-electron chi connectivity index (χ3n) is 2.85. The highest BCUT2D eigenvalue weighted by Crippen LogP contribution is 2.18. The Hall–Kier alpha value is -0.410. The number of nitrogens with zero attached hydrogens (tertiary/aromatic N) is 1. The summed E-state index contributed by atoms with van der Waals surface area (Å²) in [4.78, 5) is 5.55. The van der Waals surface area contributed by atoms with Crippen molar-refractivity contribution in [1.82, 2.24) is 10.3 Å². The molecule has 1 unspecified atom stereocenters. The topological polar surface area (TPSA) is 24.9 Å². The Morgan fingerprint density at radius 3 is 2.50 bits per heavy atom. The predicted molar refractivity (Wildman–Crippen MR) is 71.9 cm³/mol. The molecule has 0 aromatic carbocycles. The molecule has 0 aliphatic rings. The van der Waals surface area contributed by atoms with Crippen LogP contribution in [0.15, 0.2) is 11.7 Å². The highest BCUT2D eigenvalue weighted by Gasteiger charge is 2.14. The summed E-state index contributed by atoms with van der Waals surface area (Å²) >= 11 is 1.77. The summed E-state index contributed by atoms with van der Waals surface area (Å²) in [6.45, 7) is 11.4. The monoisotopic (exact) mass is 240 g/mol. The molecule has 0 radical (unpaired) electrons. The van der Waals surface area contributed by atoms with Crippen LogP contribution >= 0.6 is 11.3 Å². The van der Waals surface area contributed by atoms with E-state index in [-0.39, 0.29) is 0 Å². The number of aromatic nitrogens is 1. The second kappa shape index (κ2) is 7.02. The van der Waals surface area contributed by atoms with E-state index in [1.807, 2.05) is 11.7 Å². The highest BCUT2D eigenvalue weighted by atomic mass is 32.1. The molecule has 1 atom stereocenters. The second-order valence-corrected chi connectivity index (χ2v) is 6.20. The highest BCUT2D eigenvalue weighted by molar-refractivity contribution is 7.09. The molecule has 0 aliphatic heterocycles. The SMILES string of the molecule is CC(C)CNCC(Cc1cncs1)C(C)C. The molecular formula is C13H24N2S. The fourth-order valence-corrected chi connectivity index (χ4v) is 2.39. The van der Waals surface area contributed by atoms with Crippen molar-refractivity contribution in [2.24, 2.45) is 17.8 Å². The van der Waals surface area contributed by atoms with E-state index in [4.69, 9.17) is 0 Å². The van der Waals surface area contributed by atoms with Gasteiger partial charge < -0.3 is 5.32 Å². The smallest absolute Gasteiger partial charge is 0.0794 e. The molecule has 1 rings (SSSR count). The molecule has 0 fully saturated rings. The van der Waals surface area contributed by atoms with Crippen molar-refractivity contribution in [2.75, 3.05) is 13.1 Å². The molecule has 2 nitrogen and oxygen atoms in total. The predicted octanol–water partition coefficient (Wildman–Crippen LogP) is 3.20. The number of hydrogen-bond acceptors (Lipinski definition) is 3. The maximum Gasteiger partial charge on any atom is 0.0794 e. The van der Waals surface area contributed by atoms with E-state index in [9.17, 15) is 0 Å².